The van der Waals surface area contributed by atoms with Crippen LogP contribution in [-0.4, -0.2) is 81.3 Å². The molecule has 13 N–H and O–H groups in total. The molecule has 0 bridgehead atoms. The largest absolute Gasteiger partial charge is 0.480 e. The molecule has 0 aliphatic heterocycles. The normalized spacial score (nSPS) is 14.7. The lowest BCUT2D eigenvalue weighted by Gasteiger charge is -2.27. The van der Waals surface area contributed by atoms with E-state index in [1.54, 1.807) is 13.8 Å². The van der Waals surface area contributed by atoms with Crippen LogP contribution < -0.4 is 38.9 Å². The Bertz CT molecular complexity index is 979. The summed E-state index contributed by atoms with van der Waals surface area (Å²) in [6.07, 6.45) is 3.18. The van der Waals surface area contributed by atoms with Gasteiger partial charge in [-0.25, -0.2) is 9.78 Å². The van der Waals surface area contributed by atoms with Gasteiger partial charge in [0.05, 0.1) is 18.8 Å². The van der Waals surface area contributed by atoms with Gasteiger partial charge in [0.25, 0.3) is 0 Å². The number of guanidine groups is 1. The van der Waals surface area contributed by atoms with E-state index >= 15 is 0 Å². The number of imidazole rings is 1. The summed E-state index contributed by atoms with van der Waals surface area (Å²) in [6.45, 7) is 3.69. The molecule has 0 fully saturated rings. The van der Waals surface area contributed by atoms with Crippen molar-refractivity contribution in [2.24, 2.45) is 33.8 Å². The van der Waals surface area contributed by atoms with Crippen molar-refractivity contribution in [2.75, 3.05) is 6.54 Å². The van der Waals surface area contributed by atoms with Crippen LogP contribution in [0.25, 0.3) is 0 Å². The molecule has 1 heterocycles. The first-order valence-electron chi connectivity index (χ1n) is 12.1. The van der Waals surface area contributed by atoms with E-state index in [-0.39, 0.29) is 37.7 Å². The van der Waals surface area contributed by atoms with Crippen molar-refractivity contribution in [3.63, 3.8) is 0 Å². The first-order valence-corrected chi connectivity index (χ1v) is 12.1. The number of hydrogen-bond donors (Lipinski definition) is 9. The van der Waals surface area contributed by atoms with Crippen molar-refractivity contribution in [3.05, 3.63) is 18.2 Å². The quantitative estimate of drug-likeness (QED) is 0.0543. The fourth-order valence-corrected chi connectivity index (χ4v) is 3.39. The number of carboxylic acids is 1. The monoisotopic (exact) mass is 538 g/mol. The lowest BCUT2D eigenvalue weighted by atomic mass is 9.97. The molecular weight excluding hydrogens is 500 g/mol. The maximum atomic E-state index is 13.2. The summed E-state index contributed by atoms with van der Waals surface area (Å²) in [7, 11) is 0. The third-order valence-corrected chi connectivity index (χ3v) is 5.72. The van der Waals surface area contributed by atoms with E-state index in [1.807, 2.05) is 0 Å². The fraction of sp³-hybridized carbons (Fsp3) is 0.591. The van der Waals surface area contributed by atoms with E-state index in [2.05, 4.69) is 30.9 Å². The number of amides is 4. The maximum Gasteiger partial charge on any atom is 0.326 e. The highest BCUT2D eigenvalue weighted by Gasteiger charge is 2.33. The van der Waals surface area contributed by atoms with Crippen LogP contribution in [0.2, 0.25) is 0 Å². The molecule has 16 heteroatoms. The molecule has 16 nitrogen and oxygen atoms in total. The smallest absolute Gasteiger partial charge is 0.326 e. The van der Waals surface area contributed by atoms with Gasteiger partial charge in [0, 0.05) is 24.9 Å². The van der Waals surface area contributed by atoms with Crippen molar-refractivity contribution in [2.45, 2.75) is 70.1 Å². The minimum absolute atomic E-state index is 0.0336. The third-order valence-electron chi connectivity index (χ3n) is 5.72. The van der Waals surface area contributed by atoms with Crippen LogP contribution in [0.4, 0.5) is 0 Å². The van der Waals surface area contributed by atoms with Gasteiger partial charge in [-0.3, -0.25) is 24.2 Å². The number of carboxylic acid groups (broad SMARTS) is 1. The first kappa shape index (κ1) is 31.8. The maximum absolute atomic E-state index is 13.2. The second-order valence-corrected chi connectivity index (χ2v) is 8.84. The number of nitrogens with one attached hydrogen (secondary N) is 4. The molecule has 5 unspecified atom stereocenters. The Morgan fingerprint density at radius 3 is 2.24 bits per heavy atom. The highest BCUT2D eigenvalue weighted by molar-refractivity contribution is 5.95. The molecule has 0 aliphatic rings. The molecule has 0 saturated carbocycles. The SMILES string of the molecule is CCC(C)C(NC(=O)C(N)CC(N)=O)C(=O)NC(Cc1cnc[nH]1)C(=O)NC(CCCN=C(N)N)C(=O)O. The van der Waals surface area contributed by atoms with Crippen LogP contribution in [0.15, 0.2) is 17.5 Å². The zero-order valence-corrected chi connectivity index (χ0v) is 21.5. The molecule has 38 heavy (non-hydrogen) atoms. The zero-order valence-electron chi connectivity index (χ0n) is 21.5. The van der Waals surface area contributed by atoms with Crippen LogP contribution >= 0.6 is 0 Å². The van der Waals surface area contributed by atoms with Crippen LogP contribution in [0.1, 0.15) is 45.2 Å². The lowest BCUT2D eigenvalue weighted by molar-refractivity contribution is -0.142. The molecule has 4 amide bonds. The van der Waals surface area contributed by atoms with Gasteiger partial charge in [0.1, 0.15) is 18.1 Å². The predicted octanol–water partition coefficient (Wildman–Crippen LogP) is -3.21. The minimum Gasteiger partial charge on any atom is -0.480 e. The topological polar surface area (TPSA) is 287 Å². The summed E-state index contributed by atoms with van der Waals surface area (Å²) in [5.41, 5.74) is 21.8. The van der Waals surface area contributed by atoms with E-state index in [1.165, 1.54) is 12.5 Å². The number of hydrogen-bond acceptors (Lipinski definition) is 8. The number of aliphatic carboxylic acids is 1. The van der Waals surface area contributed by atoms with Gasteiger partial charge in [-0.15, -0.1) is 0 Å². The fourth-order valence-electron chi connectivity index (χ4n) is 3.39. The third kappa shape index (κ3) is 11.2. The molecule has 0 saturated heterocycles. The van der Waals surface area contributed by atoms with Crippen LogP contribution in [0.5, 0.6) is 0 Å². The Morgan fingerprint density at radius 1 is 1.05 bits per heavy atom. The molecular formula is C22H38N10O6. The summed E-state index contributed by atoms with van der Waals surface area (Å²) in [5.74, 6) is -4.78. The molecule has 0 aromatic carbocycles. The Balaban J connectivity index is 3.06. The predicted molar refractivity (Wildman–Crippen MR) is 137 cm³/mol. The van der Waals surface area contributed by atoms with Gasteiger partial charge in [-0.05, 0) is 18.8 Å². The summed E-state index contributed by atoms with van der Waals surface area (Å²) in [5, 5.41) is 17.1. The highest BCUT2D eigenvalue weighted by Crippen LogP contribution is 2.10. The minimum atomic E-state index is -1.28. The molecule has 5 atom stereocenters. The summed E-state index contributed by atoms with van der Waals surface area (Å²) in [4.78, 5) is 72.2. The number of nitrogens with zero attached hydrogens (tertiary/aromatic N) is 2. The first-order chi connectivity index (χ1) is 17.8. The number of carbonyl (C=O) groups is 5. The number of carbonyl (C=O) groups excluding carboxylic acids is 4. The summed E-state index contributed by atoms with van der Waals surface area (Å²) >= 11 is 0. The van der Waals surface area contributed by atoms with Crippen molar-refractivity contribution in [3.8, 4) is 0 Å². The Hall–Kier alpha value is -4.21. The molecule has 0 aliphatic carbocycles. The standard InChI is InChI=1S/C22H38N10O6/c1-3-11(2)17(32-18(34)13(23)8-16(24)33)20(36)31-15(7-12-9-27-10-29-12)19(35)30-14(21(37)38)5-4-6-28-22(25)26/h9-11,13-15,17H,3-8,23H2,1-2H3,(H2,24,33)(H,27,29)(H,30,35)(H,31,36)(H,32,34)(H,37,38)(H4,25,26,28). The van der Waals surface area contributed by atoms with Crippen LogP contribution in [-0.2, 0) is 30.4 Å². The van der Waals surface area contributed by atoms with Gasteiger partial charge < -0.3 is 49.0 Å². The average molecular weight is 539 g/mol. The van der Waals surface area contributed by atoms with Crippen molar-refractivity contribution >= 4 is 35.6 Å². The van der Waals surface area contributed by atoms with Crippen LogP contribution in [0.3, 0.4) is 0 Å². The van der Waals surface area contributed by atoms with Crippen molar-refractivity contribution in [1.82, 2.24) is 25.9 Å². The Kier molecular flexibility index (Phi) is 13.2. The van der Waals surface area contributed by atoms with Crippen molar-refractivity contribution in [1.29, 1.82) is 0 Å². The number of primary amides is 1. The van der Waals surface area contributed by atoms with E-state index in [9.17, 15) is 29.1 Å². The van der Waals surface area contributed by atoms with E-state index in [0.717, 1.165) is 0 Å². The molecule has 212 valence electrons. The number of nitrogens with two attached hydrogens (primary N) is 4. The molecule has 1 rings (SSSR count). The second-order valence-electron chi connectivity index (χ2n) is 8.84. The number of aromatic nitrogens is 2. The van der Waals surface area contributed by atoms with E-state index in [0.29, 0.717) is 12.1 Å². The lowest BCUT2D eigenvalue weighted by Crippen LogP contribution is -2.59. The Morgan fingerprint density at radius 2 is 1.71 bits per heavy atom. The number of rotatable bonds is 17. The van der Waals surface area contributed by atoms with Crippen LogP contribution in [0, 0.1) is 5.92 Å². The second kappa shape index (κ2) is 15.8. The number of aliphatic imine (C=N–C) groups is 1. The number of H-pyrrole nitrogens is 1. The molecule has 0 radical (unpaired) electrons. The van der Waals surface area contributed by atoms with E-state index in [4.69, 9.17) is 22.9 Å². The highest BCUT2D eigenvalue weighted by atomic mass is 16.4. The van der Waals surface area contributed by atoms with Gasteiger partial charge >= 0.3 is 5.97 Å². The summed E-state index contributed by atoms with van der Waals surface area (Å²) < 4.78 is 0. The molecule has 1 aromatic rings. The number of aromatic amines is 1. The molecule has 1 aromatic heterocycles. The summed E-state index contributed by atoms with van der Waals surface area (Å²) in [6, 6.07) is -4.84. The van der Waals surface area contributed by atoms with Crippen molar-refractivity contribution < 1.29 is 29.1 Å². The van der Waals surface area contributed by atoms with E-state index < -0.39 is 60.2 Å². The van der Waals surface area contributed by atoms with Gasteiger partial charge in [-0.2, -0.15) is 0 Å². The zero-order chi connectivity index (χ0) is 28.8. The Labute approximate surface area is 219 Å². The average Bonchev–Trinajstić information content (AvgIpc) is 3.35. The molecule has 0 spiro atoms. The van der Waals surface area contributed by atoms with Gasteiger partial charge in [-0.1, -0.05) is 20.3 Å². The van der Waals surface area contributed by atoms with Gasteiger partial charge in [0.2, 0.25) is 23.6 Å². The van der Waals surface area contributed by atoms with Gasteiger partial charge in [0.15, 0.2) is 5.96 Å².